The number of hydrogen-bond donors (Lipinski definition) is 0. The van der Waals surface area contributed by atoms with E-state index in [1.165, 1.54) is 44.9 Å². The minimum Gasteiger partial charge on any atom is -0.494 e. The van der Waals surface area contributed by atoms with Crippen LogP contribution in [0.5, 0.6) is 5.75 Å². The molecule has 2 nitrogen and oxygen atoms in total. The van der Waals surface area contributed by atoms with E-state index in [0.717, 1.165) is 30.8 Å². The normalized spacial score (nSPS) is 10.5. The Bertz CT molecular complexity index is 374. The van der Waals surface area contributed by atoms with Gasteiger partial charge in [-0.3, -0.25) is 4.79 Å². The van der Waals surface area contributed by atoms with Crippen LogP contribution in [0.4, 0.5) is 0 Å². The summed E-state index contributed by atoms with van der Waals surface area (Å²) in [5.41, 5.74) is 1.15. The molecule has 0 atom stereocenters. The molecule has 0 aromatic heterocycles. The first kappa shape index (κ1) is 17.7. The number of unbranched alkanes of at least 4 members (excludes halogenated alkanes) is 7. The predicted molar refractivity (Wildman–Crippen MR) is 88.6 cm³/mol. The molecule has 0 N–H and O–H groups in total. The van der Waals surface area contributed by atoms with Gasteiger partial charge in [0, 0.05) is 6.42 Å². The molecule has 0 heterocycles. The minimum atomic E-state index is 0.460. The van der Waals surface area contributed by atoms with Gasteiger partial charge in [-0.1, -0.05) is 64.0 Å². The molecule has 2 heteroatoms. The molecule has 1 aromatic carbocycles. The van der Waals surface area contributed by atoms with Crippen LogP contribution in [0, 0.1) is 0 Å². The summed E-state index contributed by atoms with van der Waals surface area (Å²) in [6.45, 7) is 3.04. The molecule has 0 bridgehead atoms. The van der Waals surface area contributed by atoms with Gasteiger partial charge in [0.15, 0.2) is 6.29 Å². The maximum Gasteiger partial charge on any atom is 0.198 e. The Morgan fingerprint density at radius 2 is 1.71 bits per heavy atom. The van der Waals surface area contributed by atoms with Crippen molar-refractivity contribution in [3.63, 3.8) is 0 Å². The molecule has 117 valence electrons. The highest BCUT2D eigenvalue weighted by Gasteiger charge is 1.98. The highest BCUT2D eigenvalue weighted by atomic mass is 16.5. The van der Waals surface area contributed by atoms with E-state index in [0.29, 0.717) is 6.42 Å². The molecule has 0 unspecified atom stereocenters. The largest absolute Gasteiger partial charge is 0.494 e. The van der Waals surface area contributed by atoms with E-state index in [4.69, 9.17) is 4.74 Å². The molecule has 21 heavy (non-hydrogen) atoms. The van der Waals surface area contributed by atoms with Crippen LogP contribution in [0.2, 0.25) is 0 Å². The van der Waals surface area contributed by atoms with Crippen LogP contribution in [0.1, 0.15) is 70.3 Å². The highest BCUT2D eigenvalue weighted by Crippen LogP contribution is 2.15. The molecule has 0 amide bonds. The van der Waals surface area contributed by atoms with Crippen LogP contribution in [-0.4, -0.2) is 12.9 Å². The van der Waals surface area contributed by atoms with Crippen molar-refractivity contribution in [2.75, 3.05) is 6.61 Å². The average molecular weight is 289 g/mol. The van der Waals surface area contributed by atoms with Crippen LogP contribution in [0.15, 0.2) is 24.3 Å². The van der Waals surface area contributed by atoms with E-state index in [-0.39, 0.29) is 0 Å². The quantitative estimate of drug-likeness (QED) is 0.464. The molecule has 0 saturated heterocycles. The number of ether oxygens (including phenoxy) is 1. The number of benzene rings is 1. The maximum absolute atomic E-state index is 10.3. The zero-order valence-corrected chi connectivity index (χ0v) is 13.4. The molecule has 1 rings (SSSR count). The van der Waals surface area contributed by atoms with Crippen molar-refractivity contribution in [2.24, 2.45) is 0 Å². The van der Waals surface area contributed by atoms with Crippen molar-refractivity contribution >= 4 is 6.29 Å². The van der Waals surface area contributed by atoms with Gasteiger partial charge >= 0.3 is 0 Å². The Morgan fingerprint density at radius 1 is 1.00 bits per heavy atom. The van der Waals surface area contributed by atoms with Crippen molar-refractivity contribution < 1.29 is 9.53 Å². The monoisotopic (exact) mass is 289 g/mol. The molecule has 0 saturated carbocycles. The lowest BCUT2D eigenvalue weighted by molar-refractivity contribution is 0.304. The number of carbonyl (C=O) groups excluding carboxylic acids is 1. The first-order valence-electron chi connectivity index (χ1n) is 8.43. The molecular weight excluding hydrogens is 260 g/mol. The summed E-state index contributed by atoms with van der Waals surface area (Å²) in [4.78, 5) is 10.3. The molecule has 0 aliphatic rings. The van der Waals surface area contributed by atoms with Crippen LogP contribution < -0.4 is 4.74 Å². The summed E-state index contributed by atoms with van der Waals surface area (Å²) in [5.74, 6) is 0.918. The first-order chi connectivity index (χ1) is 10.4. The third-order valence-electron chi connectivity index (χ3n) is 3.68. The first-order valence-corrected chi connectivity index (χ1v) is 8.43. The SMILES string of the molecule is CCCCCCCCCCOc1cccc(CC[C]=O)c1. The maximum atomic E-state index is 10.3. The Morgan fingerprint density at radius 3 is 2.43 bits per heavy atom. The smallest absolute Gasteiger partial charge is 0.198 e. The standard InChI is InChI=1S/C19H29O2/c1-2-3-4-5-6-7-8-9-16-21-19-14-10-12-18(17-19)13-11-15-20/h10,12,14,17H,2-9,11,13,16H2,1H3. The van der Waals surface area contributed by atoms with Gasteiger partial charge in [-0.2, -0.15) is 0 Å². The average Bonchev–Trinajstić information content (AvgIpc) is 2.52. The predicted octanol–water partition coefficient (Wildman–Crippen LogP) is 5.25. The second kappa shape index (κ2) is 12.4. The van der Waals surface area contributed by atoms with Crippen molar-refractivity contribution in [1.29, 1.82) is 0 Å². The molecule has 0 fully saturated rings. The van der Waals surface area contributed by atoms with Gasteiger partial charge in [0.05, 0.1) is 6.61 Å². The Labute approximate surface area is 129 Å². The van der Waals surface area contributed by atoms with Gasteiger partial charge in [-0.05, 0) is 30.5 Å². The Hall–Kier alpha value is -1.31. The number of hydrogen-bond acceptors (Lipinski definition) is 2. The fourth-order valence-electron chi connectivity index (χ4n) is 2.41. The van der Waals surface area contributed by atoms with Gasteiger partial charge in [0.25, 0.3) is 0 Å². The summed E-state index contributed by atoms with van der Waals surface area (Å²) >= 11 is 0. The molecule has 0 spiro atoms. The fraction of sp³-hybridized carbons (Fsp3) is 0.632. The minimum absolute atomic E-state index is 0.460. The Balaban J connectivity index is 2.05. The molecule has 0 aliphatic carbocycles. The molecular formula is C19H29O2. The van der Waals surface area contributed by atoms with Gasteiger partial charge in [0.1, 0.15) is 5.75 Å². The van der Waals surface area contributed by atoms with Crippen molar-refractivity contribution in [3.05, 3.63) is 29.8 Å². The van der Waals surface area contributed by atoms with Gasteiger partial charge in [-0.25, -0.2) is 0 Å². The second-order valence-electron chi connectivity index (χ2n) is 5.62. The zero-order chi connectivity index (χ0) is 15.2. The lowest BCUT2D eigenvalue weighted by Crippen LogP contribution is -1.98. The summed E-state index contributed by atoms with van der Waals surface area (Å²) < 4.78 is 5.77. The van der Waals surface area contributed by atoms with Crippen LogP contribution in [0.3, 0.4) is 0 Å². The molecule has 1 radical (unpaired) electrons. The topological polar surface area (TPSA) is 26.3 Å². The van der Waals surface area contributed by atoms with E-state index in [1.54, 1.807) is 0 Å². The molecule has 0 aliphatic heterocycles. The second-order valence-corrected chi connectivity index (χ2v) is 5.62. The summed E-state index contributed by atoms with van der Waals surface area (Å²) in [6.07, 6.45) is 13.7. The van der Waals surface area contributed by atoms with Gasteiger partial charge in [-0.15, -0.1) is 0 Å². The van der Waals surface area contributed by atoms with E-state index in [2.05, 4.69) is 6.92 Å². The van der Waals surface area contributed by atoms with Crippen LogP contribution >= 0.6 is 0 Å². The van der Waals surface area contributed by atoms with Crippen LogP contribution in [-0.2, 0) is 11.2 Å². The van der Waals surface area contributed by atoms with E-state index in [9.17, 15) is 4.79 Å². The number of rotatable bonds is 13. The third-order valence-corrected chi connectivity index (χ3v) is 3.68. The van der Waals surface area contributed by atoms with Crippen molar-refractivity contribution in [2.45, 2.75) is 71.1 Å². The van der Waals surface area contributed by atoms with Gasteiger partial charge < -0.3 is 4.74 Å². The lowest BCUT2D eigenvalue weighted by Gasteiger charge is -2.07. The van der Waals surface area contributed by atoms with E-state index in [1.807, 2.05) is 30.6 Å². The summed E-state index contributed by atoms with van der Waals surface area (Å²) in [7, 11) is 0. The van der Waals surface area contributed by atoms with Gasteiger partial charge in [0.2, 0.25) is 0 Å². The number of aryl methyl sites for hydroxylation is 1. The third kappa shape index (κ3) is 9.28. The summed E-state index contributed by atoms with van der Waals surface area (Å²) in [5, 5.41) is 0. The fourth-order valence-corrected chi connectivity index (χ4v) is 2.41. The summed E-state index contributed by atoms with van der Waals surface area (Å²) in [6, 6.07) is 8.03. The lowest BCUT2D eigenvalue weighted by atomic mass is 10.1. The van der Waals surface area contributed by atoms with E-state index >= 15 is 0 Å². The van der Waals surface area contributed by atoms with E-state index < -0.39 is 0 Å². The molecule has 1 aromatic rings. The van der Waals surface area contributed by atoms with Crippen LogP contribution in [0.25, 0.3) is 0 Å². The Kier molecular flexibility index (Phi) is 10.5. The van der Waals surface area contributed by atoms with Crippen molar-refractivity contribution in [1.82, 2.24) is 0 Å². The zero-order valence-electron chi connectivity index (χ0n) is 13.4. The van der Waals surface area contributed by atoms with Crippen molar-refractivity contribution in [3.8, 4) is 5.75 Å². The highest BCUT2D eigenvalue weighted by molar-refractivity contribution is 5.51.